The first-order valence-electron chi connectivity index (χ1n) is 6.06. The van der Waals surface area contributed by atoms with Gasteiger partial charge in [-0.2, -0.15) is 5.26 Å². The second-order valence-electron chi connectivity index (χ2n) is 4.26. The Balaban J connectivity index is 2.23. The molecule has 0 aliphatic rings. The second-order valence-corrected chi connectivity index (χ2v) is 5.98. The number of thiophene rings is 1. The lowest BCUT2D eigenvalue weighted by molar-refractivity contribution is -0.119. The van der Waals surface area contributed by atoms with Crippen LogP contribution < -0.4 is 4.90 Å². The number of nitriles is 1. The van der Waals surface area contributed by atoms with Gasteiger partial charge in [0.25, 0.3) is 5.91 Å². The van der Waals surface area contributed by atoms with Gasteiger partial charge in [-0.15, -0.1) is 11.3 Å². The van der Waals surface area contributed by atoms with E-state index in [1.807, 2.05) is 6.07 Å². The lowest BCUT2D eigenvalue weighted by Gasteiger charge is -2.19. The second kappa shape index (κ2) is 6.53. The molecule has 0 spiro atoms. The van der Waals surface area contributed by atoms with Crippen LogP contribution in [0.1, 0.15) is 9.67 Å². The highest BCUT2D eigenvalue weighted by Gasteiger charge is 2.31. The van der Waals surface area contributed by atoms with Gasteiger partial charge in [0, 0.05) is 12.7 Å². The van der Waals surface area contributed by atoms with E-state index in [1.54, 1.807) is 36.4 Å². The van der Waals surface area contributed by atoms with E-state index in [1.165, 1.54) is 18.0 Å². The molecule has 2 rings (SSSR count). The zero-order valence-corrected chi connectivity index (χ0v) is 12.7. The van der Waals surface area contributed by atoms with Crippen LogP contribution in [0.25, 0.3) is 0 Å². The molecule has 1 atom stereocenters. The van der Waals surface area contributed by atoms with Crippen molar-refractivity contribution in [3.8, 4) is 6.07 Å². The summed E-state index contributed by atoms with van der Waals surface area (Å²) in [6.45, 7) is 0. The van der Waals surface area contributed by atoms with Crippen LogP contribution in [0.5, 0.6) is 0 Å². The number of halogens is 1. The first kappa shape index (κ1) is 15.2. The van der Waals surface area contributed by atoms with Gasteiger partial charge in [0.05, 0.1) is 15.3 Å². The van der Waals surface area contributed by atoms with E-state index < -0.39 is 17.6 Å². The molecule has 0 saturated heterocycles. The maximum atomic E-state index is 12.4. The summed E-state index contributed by atoms with van der Waals surface area (Å²) in [4.78, 5) is 26.2. The molecule has 0 radical (unpaired) electrons. The minimum Gasteiger partial charge on any atom is -0.314 e. The average Bonchev–Trinajstić information content (AvgIpc) is 2.94. The van der Waals surface area contributed by atoms with Gasteiger partial charge in [-0.1, -0.05) is 29.8 Å². The number of carbonyl (C=O) groups excluding carboxylic acids is 2. The molecule has 0 aliphatic heterocycles. The molecule has 0 fully saturated rings. The fraction of sp³-hybridized carbons (Fsp3) is 0.133. The molecule has 0 bridgehead atoms. The Bertz CT molecular complexity index is 706. The maximum absolute atomic E-state index is 12.4. The first-order valence-corrected chi connectivity index (χ1v) is 7.26. The van der Waals surface area contributed by atoms with E-state index in [0.717, 1.165) is 11.3 Å². The molecule has 4 nitrogen and oxygen atoms in total. The monoisotopic (exact) mass is 318 g/mol. The summed E-state index contributed by atoms with van der Waals surface area (Å²) in [5.74, 6) is -2.45. The average molecular weight is 319 g/mol. The molecule has 0 aliphatic carbocycles. The minimum atomic E-state index is -1.37. The van der Waals surface area contributed by atoms with Crippen molar-refractivity contribution in [2.45, 2.75) is 0 Å². The van der Waals surface area contributed by atoms with Crippen LogP contribution >= 0.6 is 22.9 Å². The highest BCUT2D eigenvalue weighted by Crippen LogP contribution is 2.25. The van der Waals surface area contributed by atoms with Crippen molar-refractivity contribution in [3.05, 3.63) is 51.7 Å². The summed E-state index contributed by atoms with van der Waals surface area (Å²) >= 11 is 6.84. The molecule has 2 aromatic rings. The van der Waals surface area contributed by atoms with Crippen LogP contribution in [-0.2, 0) is 4.79 Å². The molecule has 0 unspecified atom stereocenters. The summed E-state index contributed by atoms with van der Waals surface area (Å²) in [6, 6.07) is 13.7. The zero-order chi connectivity index (χ0) is 15.4. The molecule has 1 amide bonds. The van der Waals surface area contributed by atoms with Gasteiger partial charge < -0.3 is 4.90 Å². The van der Waals surface area contributed by atoms with Gasteiger partial charge in [0.15, 0.2) is 11.7 Å². The van der Waals surface area contributed by atoms with Crippen molar-refractivity contribution >= 4 is 40.3 Å². The normalized spacial score (nSPS) is 11.5. The largest absolute Gasteiger partial charge is 0.314 e. The first-order chi connectivity index (χ1) is 10.0. The third-order valence-corrected chi connectivity index (χ3v) is 4.17. The van der Waals surface area contributed by atoms with Crippen molar-refractivity contribution in [1.82, 2.24) is 0 Å². The van der Waals surface area contributed by atoms with Crippen LogP contribution in [0.15, 0.2) is 42.5 Å². The van der Waals surface area contributed by atoms with Crippen molar-refractivity contribution < 1.29 is 9.59 Å². The van der Waals surface area contributed by atoms with Crippen LogP contribution in [0, 0.1) is 17.2 Å². The van der Waals surface area contributed by atoms with E-state index in [0.29, 0.717) is 14.9 Å². The lowest BCUT2D eigenvalue weighted by atomic mass is 10.0. The Kier molecular flexibility index (Phi) is 4.73. The number of nitrogens with zero attached hydrogens (tertiary/aromatic N) is 2. The zero-order valence-electron chi connectivity index (χ0n) is 11.1. The molecule has 106 valence electrons. The summed E-state index contributed by atoms with van der Waals surface area (Å²) in [5, 5.41) is 9.18. The number of rotatable bonds is 4. The molecule has 1 aromatic carbocycles. The van der Waals surface area contributed by atoms with Gasteiger partial charge in [-0.05, 0) is 24.3 Å². The minimum absolute atomic E-state index is 0.307. The van der Waals surface area contributed by atoms with Crippen molar-refractivity contribution in [1.29, 1.82) is 5.26 Å². The third kappa shape index (κ3) is 3.30. The molecular weight excluding hydrogens is 308 g/mol. The Labute approximate surface area is 131 Å². The van der Waals surface area contributed by atoms with E-state index in [4.69, 9.17) is 11.6 Å². The highest BCUT2D eigenvalue weighted by atomic mass is 35.5. The molecule has 0 saturated carbocycles. The number of para-hydroxylation sites is 1. The van der Waals surface area contributed by atoms with E-state index in [-0.39, 0.29) is 0 Å². The molecule has 6 heteroatoms. The standard InChI is InChI=1S/C15H11ClN2O2S/c1-18(10-5-3-2-4-6-10)15(20)11(9-17)14(19)12-7-8-13(16)21-12/h2-8,11H,1H3/t11-/m0/s1. The predicted octanol–water partition coefficient (Wildman–Crippen LogP) is 3.39. The molecule has 1 aromatic heterocycles. The summed E-state index contributed by atoms with van der Waals surface area (Å²) in [5.41, 5.74) is 0.625. The van der Waals surface area contributed by atoms with Crippen LogP contribution in [-0.4, -0.2) is 18.7 Å². The van der Waals surface area contributed by atoms with Gasteiger partial charge in [0.1, 0.15) is 0 Å². The summed E-state index contributed by atoms with van der Waals surface area (Å²) in [6.07, 6.45) is 0. The Hall–Kier alpha value is -2.16. The van der Waals surface area contributed by atoms with E-state index in [2.05, 4.69) is 0 Å². The maximum Gasteiger partial charge on any atom is 0.252 e. The van der Waals surface area contributed by atoms with E-state index in [9.17, 15) is 14.9 Å². The molecule has 1 heterocycles. The number of benzene rings is 1. The number of hydrogen-bond acceptors (Lipinski definition) is 4. The number of anilines is 1. The predicted molar refractivity (Wildman–Crippen MR) is 82.6 cm³/mol. The SMILES string of the molecule is CN(C(=O)[C@@H](C#N)C(=O)c1ccc(Cl)s1)c1ccccc1. The van der Waals surface area contributed by atoms with Gasteiger partial charge in [0.2, 0.25) is 0 Å². The topological polar surface area (TPSA) is 61.2 Å². The fourth-order valence-corrected chi connectivity index (χ4v) is 2.80. The third-order valence-electron chi connectivity index (χ3n) is 2.93. The number of ketones is 1. The Morgan fingerprint density at radius 1 is 1.24 bits per heavy atom. The van der Waals surface area contributed by atoms with Crippen LogP contribution in [0.3, 0.4) is 0 Å². The van der Waals surface area contributed by atoms with Crippen molar-refractivity contribution in [2.75, 3.05) is 11.9 Å². The number of amides is 1. The fourth-order valence-electron chi connectivity index (χ4n) is 1.79. The highest BCUT2D eigenvalue weighted by molar-refractivity contribution is 7.18. The summed E-state index contributed by atoms with van der Waals surface area (Å²) < 4.78 is 0.443. The number of Topliss-reactive ketones (excluding diaryl/α,β-unsaturated/α-hetero) is 1. The van der Waals surface area contributed by atoms with Crippen LogP contribution in [0.4, 0.5) is 5.69 Å². The van der Waals surface area contributed by atoms with Gasteiger partial charge >= 0.3 is 0 Å². The van der Waals surface area contributed by atoms with Crippen molar-refractivity contribution in [2.24, 2.45) is 5.92 Å². The van der Waals surface area contributed by atoms with Gasteiger partial charge in [-0.25, -0.2) is 0 Å². The summed E-state index contributed by atoms with van der Waals surface area (Å²) in [7, 11) is 1.54. The smallest absolute Gasteiger partial charge is 0.252 e. The van der Waals surface area contributed by atoms with Gasteiger partial charge in [-0.3, -0.25) is 9.59 Å². The quantitative estimate of drug-likeness (QED) is 0.641. The van der Waals surface area contributed by atoms with Crippen LogP contribution in [0.2, 0.25) is 4.34 Å². The number of carbonyl (C=O) groups is 2. The lowest BCUT2D eigenvalue weighted by Crippen LogP contribution is -2.36. The molecular formula is C15H11ClN2O2S. The Morgan fingerprint density at radius 2 is 1.90 bits per heavy atom. The molecule has 21 heavy (non-hydrogen) atoms. The Morgan fingerprint density at radius 3 is 2.43 bits per heavy atom. The van der Waals surface area contributed by atoms with E-state index >= 15 is 0 Å². The van der Waals surface area contributed by atoms with Crippen molar-refractivity contribution in [3.63, 3.8) is 0 Å². The number of hydrogen-bond donors (Lipinski definition) is 0. The molecule has 0 N–H and O–H groups in total.